The number of aliphatic hydroxyl groups excluding tert-OH is 1. The number of nitrogens with one attached hydrogen (secondary N) is 1. The zero-order valence-corrected chi connectivity index (χ0v) is 12.0. The summed E-state index contributed by atoms with van der Waals surface area (Å²) in [5, 5.41) is 12.1. The molecule has 2 unspecified atom stereocenters. The molecule has 1 fully saturated rings. The van der Waals surface area contributed by atoms with Crippen LogP contribution in [0, 0.1) is 0 Å². The Morgan fingerprint density at radius 2 is 2.26 bits per heavy atom. The highest BCUT2D eigenvalue weighted by Crippen LogP contribution is 2.16. The van der Waals surface area contributed by atoms with Crippen LogP contribution >= 0.6 is 11.8 Å². The monoisotopic (exact) mass is 305 g/mol. The Bertz CT molecular complexity index is 565. The maximum absolute atomic E-state index is 11.9. The zero-order valence-electron chi connectivity index (χ0n) is 10.3. The molecule has 1 aliphatic heterocycles. The summed E-state index contributed by atoms with van der Waals surface area (Å²) in [4.78, 5) is 11.9. The Balaban J connectivity index is 2.01. The van der Waals surface area contributed by atoms with E-state index in [2.05, 4.69) is 5.32 Å². The number of hydrogen-bond donors (Lipinski definition) is 2. The molecule has 1 aliphatic rings. The smallest absolute Gasteiger partial charge is 0.287 e. The minimum atomic E-state index is -3.27. The van der Waals surface area contributed by atoms with Gasteiger partial charge in [0.2, 0.25) is 0 Å². The number of hydrogen-bond acceptors (Lipinski definition) is 6. The van der Waals surface area contributed by atoms with Crippen LogP contribution < -0.4 is 5.32 Å². The first kappa shape index (κ1) is 14.4. The topological polar surface area (TPSA) is 96.6 Å². The molecule has 2 heterocycles. The van der Waals surface area contributed by atoms with Gasteiger partial charge in [0.25, 0.3) is 5.91 Å². The Morgan fingerprint density at radius 3 is 2.84 bits per heavy atom. The number of aliphatic hydroxyl groups is 1. The summed E-state index contributed by atoms with van der Waals surface area (Å²) in [5.41, 5.74) is 0. The van der Waals surface area contributed by atoms with Crippen LogP contribution in [0.25, 0.3) is 0 Å². The van der Waals surface area contributed by atoms with Crippen LogP contribution in [0.5, 0.6) is 0 Å². The number of rotatable bonds is 4. The summed E-state index contributed by atoms with van der Waals surface area (Å²) in [5.74, 6) is 0.408. The van der Waals surface area contributed by atoms with Crippen LogP contribution in [0.3, 0.4) is 0 Å². The third kappa shape index (κ3) is 3.52. The molecule has 2 rings (SSSR count). The fraction of sp³-hybridized carbons (Fsp3) is 0.545. The van der Waals surface area contributed by atoms with E-state index in [4.69, 9.17) is 4.42 Å². The second-order valence-electron chi connectivity index (χ2n) is 4.42. The summed E-state index contributed by atoms with van der Waals surface area (Å²) in [7, 11) is -3.27. The van der Waals surface area contributed by atoms with Crippen LogP contribution in [0.1, 0.15) is 16.3 Å². The fourth-order valence-electron chi connectivity index (χ4n) is 1.93. The first-order chi connectivity index (χ1) is 8.91. The van der Waals surface area contributed by atoms with Crippen molar-refractivity contribution in [2.75, 3.05) is 17.8 Å². The molecule has 19 heavy (non-hydrogen) atoms. The highest BCUT2D eigenvalue weighted by atomic mass is 32.2. The minimum Gasteiger partial charge on any atom is -0.455 e. The van der Waals surface area contributed by atoms with E-state index in [1.165, 1.54) is 6.07 Å². The lowest BCUT2D eigenvalue weighted by Crippen LogP contribution is -2.42. The van der Waals surface area contributed by atoms with E-state index in [0.717, 1.165) is 0 Å². The molecule has 0 aromatic carbocycles. The van der Waals surface area contributed by atoms with Crippen molar-refractivity contribution in [3.63, 3.8) is 0 Å². The number of sulfone groups is 1. The van der Waals surface area contributed by atoms with Gasteiger partial charge in [-0.15, -0.1) is 0 Å². The van der Waals surface area contributed by atoms with Crippen LogP contribution in [0.15, 0.2) is 16.5 Å². The average Bonchev–Trinajstić information content (AvgIpc) is 2.85. The van der Waals surface area contributed by atoms with Gasteiger partial charge in [0.05, 0.1) is 29.4 Å². The molecule has 1 aromatic rings. The normalized spacial score (nSPS) is 25.4. The maximum atomic E-state index is 11.9. The van der Waals surface area contributed by atoms with E-state index >= 15 is 0 Å². The van der Waals surface area contributed by atoms with Crippen LogP contribution in [0.4, 0.5) is 0 Å². The lowest BCUT2D eigenvalue weighted by atomic mass is 10.2. The van der Waals surface area contributed by atoms with Gasteiger partial charge in [-0.3, -0.25) is 4.79 Å². The van der Waals surface area contributed by atoms with E-state index < -0.39 is 27.9 Å². The molecule has 1 saturated heterocycles. The zero-order chi connectivity index (χ0) is 14.0. The van der Waals surface area contributed by atoms with Gasteiger partial charge in [-0.05, 0) is 18.4 Å². The highest BCUT2D eigenvalue weighted by Gasteiger charge is 2.37. The van der Waals surface area contributed by atoms with Crippen molar-refractivity contribution in [1.29, 1.82) is 0 Å². The SMILES string of the molecule is CSCc1ccc(C(=O)NC2CS(=O)(=O)CC2O)o1. The number of amides is 1. The Labute approximate surface area is 115 Å². The van der Waals surface area contributed by atoms with Gasteiger partial charge in [0.1, 0.15) is 5.76 Å². The molecule has 0 spiro atoms. The summed E-state index contributed by atoms with van der Waals surface area (Å²) in [6, 6.07) is 2.47. The van der Waals surface area contributed by atoms with Crippen molar-refractivity contribution in [1.82, 2.24) is 5.32 Å². The van der Waals surface area contributed by atoms with E-state index in [1.807, 2.05) is 6.26 Å². The van der Waals surface area contributed by atoms with E-state index in [9.17, 15) is 18.3 Å². The van der Waals surface area contributed by atoms with Gasteiger partial charge in [0.15, 0.2) is 15.6 Å². The van der Waals surface area contributed by atoms with Crippen molar-refractivity contribution < 1.29 is 22.7 Å². The summed E-state index contributed by atoms with van der Waals surface area (Å²) < 4.78 is 28.0. The lowest BCUT2D eigenvalue weighted by molar-refractivity contribution is 0.0860. The minimum absolute atomic E-state index is 0.126. The van der Waals surface area contributed by atoms with Crippen molar-refractivity contribution in [2.24, 2.45) is 0 Å². The van der Waals surface area contributed by atoms with Gasteiger partial charge in [0, 0.05) is 0 Å². The molecule has 0 saturated carbocycles. The summed E-state index contributed by atoms with van der Waals surface area (Å²) >= 11 is 1.57. The van der Waals surface area contributed by atoms with Gasteiger partial charge in [-0.25, -0.2) is 8.42 Å². The van der Waals surface area contributed by atoms with Gasteiger partial charge < -0.3 is 14.8 Å². The number of carbonyl (C=O) groups excluding carboxylic acids is 1. The van der Waals surface area contributed by atoms with Crippen molar-refractivity contribution in [3.8, 4) is 0 Å². The van der Waals surface area contributed by atoms with Gasteiger partial charge in [-0.2, -0.15) is 11.8 Å². The number of furan rings is 1. The fourth-order valence-corrected chi connectivity index (χ4v) is 4.11. The van der Waals surface area contributed by atoms with Crippen LogP contribution in [-0.4, -0.2) is 49.3 Å². The Kier molecular flexibility index (Phi) is 4.22. The van der Waals surface area contributed by atoms with E-state index in [1.54, 1.807) is 17.8 Å². The molecular formula is C11H15NO5S2. The Hall–Kier alpha value is -0.990. The molecule has 8 heteroatoms. The lowest BCUT2D eigenvalue weighted by Gasteiger charge is -2.13. The number of carbonyl (C=O) groups is 1. The predicted molar refractivity (Wildman–Crippen MR) is 71.8 cm³/mol. The third-order valence-electron chi connectivity index (χ3n) is 2.81. The first-order valence-electron chi connectivity index (χ1n) is 5.68. The molecule has 0 aliphatic carbocycles. The highest BCUT2D eigenvalue weighted by molar-refractivity contribution is 7.97. The molecule has 106 valence electrons. The van der Waals surface area contributed by atoms with Gasteiger partial charge in [-0.1, -0.05) is 0 Å². The van der Waals surface area contributed by atoms with Crippen molar-refractivity contribution in [2.45, 2.75) is 17.9 Å². The van der Waals surface area contributed by atoms with Crippen LogP contribution in [0.2, 0.25) is 0 Å². The van der Waals surface area contributed by atoms with E-state index in [0.29, 0.717) is 11.5 Å². The largest absolute Gasteiger partial charge is 0.455 e. The third-order valence-corrected chi connectivity index (χ3v) is 5.10. The van der Waals surface area contributed by atoms with Gasteiger partial charge >= 0.3 is 0 Å². The standard InChI is InChI=1S/C11H15NO5S2/c1-18-4-7-2-3-10(17-7)11(14)12-8-5-19(15,16)6-9(8)13/h2-3,8-9,13H,4-6H2,1H3,(H,12,14). The van der Waals surface area contributed by atoms with Crippen LogP contribution in [-0.2, 0) is 15.6 Å². The Morgan fingerprint density at radius 1 is 1.53 bits per heavy atom. The number of thioether (sulfide) groups is 1. The second kappa shape index (κ2) is 5.56. The first-order valence-corrected chi connectivity index (χ1v) is 8.90. The molecule has 2 N–H and O–H groups in total. The maximum Gasteiger partial charge on any atom is 0.287 e. The molecule has 0 radical (unpaired) electrons. The molecule has 2 atom stereocenters. The molecular weight excluding hydrogens is 290 g/mol. The van der Waals surface area contributed by atoms with Crippen molar-refractivity contribution in [3.05, 3.63) is 23.7 Å². The van der Waals surface area contributed by atoms with E-state index in [-0.39, 0.29) is 17.3 Å². The molecule has 0 bridgehead atoms. The summed E-state index contributed by atoms with van der Waals surface area (Å²) in [6.07, 6.45) is 0.858. The quantitative estimate of drug-likeness (QED) is 0.814. The second-order valence-corrected chi connectivity index (χ2v) is 7.44. The molecule has 1 aromatic heterocycles. The van der Waals surface area contributed by atoms with Crippen molar-refractivity contribution >= 4 is 27.5 Å². The average molecular weight is 305 g/mol. The predicted octanol–water partition coefficient (Wildman–Crippen LogP) is 0.0303. The molecule has 1 amide bonds. The summed E-state index contributed by atoms with van der Waals surface area (Å²) in [6.45, 7) is 0. The molecule has 6 nitrogen and oxygen atoms in total.